The first-order valence-electron chi connectivity index (χ1n) is 8.79. The number of aromatic nitrogens is 2. The van der Waals surface area contributed by atoms with Gasteiger partial charge in [0.1, 0.15) is 5.82 Å². The van der Waals surface area contributed by atoms with Gasteiger partial charge in [0, 0.05) is 37.8 Å². The van der Waals surface area contributed by atoms with Crippen LogP contribution in [0.15, 0.2) is 42.7 Å². The van der Waals surface area contributed by atoms with Gasteiger partial charge in [-0.25, -0.2) is 4.98 Å². The van der Waals surface area contributed by atoms with Crippen LogP contribution in [-0.2, 0) is 17.8 Å². The molecule has 1 amide bonds. The largest absolute Gasteiger partial charge is 0.355 e. The highest BCUT2D eigenvalue weighted by Crippen LogP contribution is 2.30. The van der Waals surface area contributed by atoms with E-state index in [0.717, 1.165) is 38.1 Å². The zero-order valence-electron chi connectivity index (χ0n) is 14.8. The van der Waals surface area contributed by atoms with Crippen LogP contribution in [0.5, 0.6) is 0 Å². The Bertz CT molecular complexity index is 663. The third kappa shape index (κ3) is 5.73. The maximum atomic E-state index is 12.3. The molecule has 5 nitrogen and oxygen atoms in total. The molecule has 1 fully saturated rings. The molecule has 0 bridgehead atoms. The van der Waals surface area contributed by atoms with Crippen LogP contribution < -0.4 is 11.1 Å². The van der Waals surface area contributed by atoms with E-state index in [2.05, 4.69) is 27.0 Å². The van der Waals surface area contributed by atoms with Gasteiger partial charge < -0.3 is 15.6 Å². The van der Waals surface area contributed by atoms with Gasteiger partial charge in [-0.1, -0.05) is 36.8 Å². The van der Waals surface area contributed by atoms with Crippen molar-refractivity contribution in [3.63, 3.8) is 0 Å². The van der Waals surface area contributed by atoms with E-state index in [4.69, 9.17) is 5.73 Å². The minimum absolute atomic E-state index is 0. The van der Waals surface area contributed by atoms with Crippen molar-refractivity contribution < 1.29 is 4.79 Å². The average Bonchev–Trinajstić information content (AvgIpc) is 3.25. The smallest absolute Gasteiger partial charge is 0.223 e. The molecule has 2 aromatic rings. The summed E-state index contributed by atoms with van der Waals surface area (Å²) in [5.74, 6) is 1.61. The van der Waals surface area contributed by atoms with Crippen molar-refractivity contribution >= 4 is 30.7 Å². The second kappa shape index (κ2) is 11.2. The van der Waals surface area contributed by atoms with Crippen LogP contribution in [0.3, 0.4) is 0 Å². The maximum Gasteiger partial charge on any atom is 0.223 e. The van der Waals surface area contributed by atoms with Gasteiger partial charge >= 0.3 is 0 Å². The molecule has 1 aliphatic carbocycles. The number of rotatable bonds is 7. The van der Waals surface area contributed by atoms with Crippen molar-refractivity contribution in [2.24, 2.45) is 17.6 Å². The van der Waals surface area contributed by atoms with E-state index in [9.17, 15) is 4.79 Å². The second-order valence-corrected chi connectivity index (χ2v) is 6.53. The topological polar surface area (TPSA) is 72.9 Å². The summed E-state index contributed by atoms with van der Waals surface area (Å²) in [4.78, 5) is 16.8. The average molecular weight is 399 g/mol. The first-order chi connectivity index (χ1) is 11.8. The van der Waals surface area contributed by atoms with Gasteiger partial charge in [0.15, 0.2) is 0 Å². The number of nitrogens with two attached hydrogens (primary N) is 1. The number of benzene rings is 1. The molecule has 3 rings (SSSR count). The minimum Gasteiger partial charge on any atom is -0.355 e. The number of hydrogen-bond donors (Lipinski definition) is 2. The Balaban J connectivity index is 0.00000169. The Hall–Kier alpha value is -1.56. The predicted octanol–water partition coefficient (Wildman–Crippen LogP) is 2.81. The zero-order chi connectivity index (χ0) is 16.8. The second-order valence-electron chi connectivity index (χ2n) is 6.53. The summed E-state index contributed by atoms with van der Waals surface area (Å²) in [6.07, 6.45) is 7.71. The Kier molecular flexibility index (Phi) is 9.70. The Morgan fingerprint density at radius 2 is 2.00 bits per heavy atom. The number of nitrogens with zero attached hydrogens (tertiary/aromatic N) is 2. The number of imidazole rings is 1. The summed E-state index contributed by atoms with van der Waals surface area (Å²) >= 11 is 0. The lowest BCUT2D eigenvalue weighted by molar-refractivity contribution is -0.125. The normalized spacial score (nSPS) is 18.7. The van der Waals surface area contributed by atoms with Gasteiger partial charge in [-0.05, 0) is 30.9 Å². The van der Waals surface area contributed by atoms with Gasteiger partial charge in [-0.3, -0.25) is 4.79 Å². The number of carbonyl (C=O) groups is 1. The van der Waals surface area contributed by atoms with Gasteiger partial charge in [0.25, 0.3) is 0 Å². The van der Waals surface area contributed by atoms with Crippen LogP contribution in [0.25, 0.3) is 0 Å². The number of hydrogen-bond acceptors (Lipinski definition) is 3. The summed E-state index contributed by atoms with van der Waals surface area (Å²) in [7, 11) is 0. The van der Waals surface area contributed by atoms with E-state index in [0.29, 0.717) is 19.0 Å². The summed E-state index contributed by atoms with van der Waals surface area (Å²) in [6.45, 7) is 2.04. The maximum absolute atomic E-state index is 12.3. The molecule has 0 radical (unpaired) electrons. The summed E-state index contributed by atoms with van der Waals surface area (Å²) in [5.41, 5.74) is 7.02. The number of carbonyl (C=O) groups excluding carboxylic acids is 1. The molecular weight excluding hydrogens is 371 g/mol. The molecule has 26 heavy (non-hydrogen) atoms. The number of halogens is 2. The third-order valence-electron chi connectivity index (χ3n) is 4.94. The molecule has 0 spiro atoms. The fourth-order valence-corrected chi connectivity index (χ4v) is 3.59. The van der Waals surface area contributed by atoms with E-state index in [-0.39, 0.29) is 36.6 Å². The van der Waals surface area contributed by atoms with E-state index in [1.165, 1.54) is 5.56 Å². The molecule has 1 saturated carbocycles. The Morgan fingerprint density at radius 1 is 1.23 bits per heavy atom. The standard InChI is InChI=1S/C19H26N4O.2ClH/c20-13-16-7-4-8-17(16)19(24)22-10-9-18-21-11-12-23(18)14-15-5-2-1-3-6-15;;/h1-3,5-6,11-12,16-17H,4,7-10,13-14,20H2,(H,22,24);2*1H/t16-,17-;;/m1../s1. The lowest BCUT2D eigenvalue weighted by Gasteiger charge is -2.17. The summed E-state index contributed by atoms with van der Waals surface area (Å²) in [6, 6.07) is 10.3. The molecule has 1 aromatic carbocycles. The van der Waals surface area contributed by atoms with Crippen LogP contribution in [-0.4, -0.2) is 28.5 Å². The molecule has 1 aromatic heterocycles. The molecule has 0 unspecified atom stereocenters. The van der Waals surface area contributed by atoms with Crippen molar-refractivity contribution in [3.8, 4) is 0 Å². The highest BCUT2D eigenvalue weighted by molar-refractivity contribution is 5.85. The highest BCUT2D eigenvalue weighted by atomic mass is 35.5. The molecule has 0 saturated heterocycles. The lowest BCUT2D eigenvalue weighted by atomic mass is 9.95. The van der Waals surface area contributed by atoms with E-state index < -0.39 is 0 Å². The Labute approximate surface area is 167 Å². The first kappa shape index (κ1) is 22.5. The van der Waals surface area contributed by atoms with Crippen molar-refractivity contribution in [2.45, 2.75) is 32.2 Å². The monoisotopic (exact) mass is 398 g/mol. The van der Waals surface area contributed by atoms with Crippen molar-refractivity contribution in [1.82, 2.24) is 14.9 Å². The predicted molar refractivity (Wildman–Crippen MR) is 109 cm³/mol. The van der Waals surface area contributed by atoms with Gasteiger partial charge in [-0.2, -0.15) is 0 Å². The molecule has 1 heterocycles. The zero-order valence-corrected chi connectivity index (χ0v) is 16.5. The van der Waals surface area contributed by atoms with Crippen LogP contribution in [0.1, 0.15) is 30.7 Å². The van der Waals surface area contributed by atoms with Crippen LogP contribution in [0, 0.1) is 11.8 Å². The molecule has 1 aliphatic rings. The molecule has 2 atom stereocenters. The van der Waals surface area contributed by atoms with Gasteiger partial charge in [-0.15, -0.1) is 24.8 Å². The summed E-state index contributed by atoms with van der Waals surface area (Å²) < 4.78 is 2.14. The highest BCUT2D eigenvalue weighted by Gasteiger charge is 2.31. The van der Waals surface area contributed by atoms with E-state index >= 15 is 0 Å². The molecule has 3 N–H and O–H groups in total. The fraction of sp³-hybridized carbons (Fsp3) is 0.474. The van der Waals surface area contributed by atoms with E-state index in [1.807, 2.05) is 30.6 Å². The van der Waals surface area contributed by atoms with Crippen molar-refractivity contribution in [1.29, 1.82) is 0 Å². The first-order valence-corrected chi connectivity index (χ1v) is 8.79. The van der Waals surface area contributed by atoms with Crippen molar-refractivity contribution in [3.05, 3.63) is 54.1 Å². The lowest BCUT2D eigenvalue weighted by Crippen LogP contribution is -2.36. The van der Waals surface area contributed by atoms with Gasteiger partial charge in [0.2, 0.25) is 5.91 Å². The number of nitrogens with one attached hydrogen (secondary N) is 1. The third-order valence-corrected chi connectivity index (χ3v) is 4.94. The fourth-order valence-electron chi connectivity index (χ4n) is 3.59. The SMILES string of the molecule is Cl.Cl.NC[C@H]1CCC[C@H]1C(=O)NCCc1nccn1Cc1ccccc1. The van der Waals surface area contributed by atoms with Crippen LogP contribution in [0.2, 0.25) is 0 Å². The van der Waals surface area contributed by atoms with Crippen LogP contribution >= 0.6 is 24.8 Å². The van der Waals surface area contributed by atoms with E-state index in [1.54, 1.807) is 0 Å². The minimum atomic E-state index is 0. The quantitative estimate of drug-likeness (QED) is 0.752. The Morgan fingerprint density at radius 3 is 2.73 bits per heavy atom. The van der Waals surface area contributed by atoms with Crippen LogP contribution in [0.4, 0.5) is 0 Å². The number of amides is 1. The summed E-state index contributed by atoms with van der Waals surface area (Å²) in [5, 5.41) is 3.07. The van der Waals surface area contributed by atoms with Crippen molar-refractivity contribution in [2.75, 3.05) is 13.1 Å². The molecule has 0 aliphatic heterocycles. The molecule has 144 valence electrons. The molecule has 7 heteroatoms. The van der Waals surface area contributed by atoms with Gasteiger partial charge in [0.05, 0.1) is 0 Å². The molecular formula is C19H28Cl2N4O.